The summed E-state index contributed by atoms with van der Waals surface area (Å²) in [4.78, 5) is 19.4. The summed E-state index contributed by atoms with van der Waals surface area (Å²) < 4.78 is 2.25. The van der Waals surface area contributed by atoms with E-state index in [9.17, 15) is 4.79 Å². The van der Waals surface area contributed by atoms with E-state index in [0.29, 0.717) is 5.92 Å². The van der Waals surface area contributed by atoms with Gasteiger partial charge in [-0.05, 0) is 42.7 Å². The summed E-state index contributed by atoms with van der Waals surface area (Å²) in [5, 5.41) is 6.82. The highest BCUT2D eigenvalue weighted by molar-refractivity contribution is 5.94. The van der Waals surface area contributed by atoms with Crippen molar-refractivity contribution in [1.29, 1.82) is 0 Å². The number of fused-ring (bicyclic) bond motifs is 1. The Bertz CT molecular complexity index is 1100. The monoisotopic (exact) mass is 371 g/mol. The molecule has 1 aromatic carbocycles. The Hall–Kier alpha value is -3.41. The van der Waals surface area contributed by atoms with Gasteiger partial charge in [-0.2, -0.15) is 5.10 Å². The summed E-state index contributed by atoms with van der Waals surface area (Å²) in [5.74, 6) is 0.587. The van der Waals surface area contributed by atoms with E-state index >= 15 is 0 Å². The molecule has 1 atom stereocenters. The van der Waals surface area contributed by atoms with Crippen LogP contribution in [-0.4, -0.2) is 43.6 Å². The molecule has 1 aliphatic heterocycles. The Kier molecular flexibility index (Phi) is 4.16. The van der Waals surface area contributed by atoms with Gasteiger partial charge in [0, 0.05) is 43.2 Å². The summed E-state index contributed by atoms with van der Waals surface area (Å²) in [7, 11) is 0. The SMILES string of the molecule is O=C(c1ccccc1)N1CCC(Cn2ccc3nc(-c4cn[nH]c4)ccc32)C1. The number of benzene rings is 1. The molecular weight excluding hydrogens is 350 g/mol. The third-order valence-electron chi connectivity index (χ3n) is 5.47. The third kappa shape index (κ3) is 3.07. The number of pyridine rings is 1. The summed E-state index contributed by atoms with van der Waals surface area (Å²) >= 11 is 0. The lowest BCUT2D eigenvalue weighted by Gasteiger charge is -2.17. The number of amides is 1. The molecule has 0 saturated carbocycles. The minimum atomic E-state index is 0.131. The normalized spacial score (nSPS) is 16.7. The molecule has 0 radical (unpaired) electrons. The smallest absolute Gasteiger partial charge is 0.253 e. The van der Waals surface area contributed by atoms with E-state index in [0.717, 1.165) is 53.9 Å². The van der Waals surface area contributed by atoms with Gasteiger partial charge in [0.1, 0.15) is 0 Å². The number of H-pyrrole nitrogens is 1. The van der Waals surface area contributed by atoms with E-state index < -0.39 is 0 Å². The van der Waals surface area contributed by atoms with Crippen LogP contribution in [0.2, 0.25) is 0 Å². The number of hydrogen-bond acceptors (Lipinski definition) is 3. The summed E-state index contributed by atoms with van der Waals surface area (Å²) in [5.41, 5.74) is 4.78. The molecule has 1 N–H and O–H groups in total. The molecule has 5 rings (SSSR count). The second-order valence-corrected chi connectivity index (χ2v) is 7.33. The standard InChI is InChI=1S/C22H21N5O/c28-22(17-4-2-1-3-5-17)27-10-8-16(15-27)14-26-11-9-20-21(26)7-6-19(25-20)18-12-23-24-13-18/h1-7,9,11-13,16H,8,10,14-15H2,(H,23,24). The van der Waals surface area contributed by atoms with Crippen molar-refractivity contribution in [2.75, 3.05) is 13.1 Å². The molecule has 3 aromatic heterocycles. The van der Waals surface area contributed by atoms with E-state index in [1.54, 1.807) is 6.20 Å². The number of likely N-dealkylation sites (tertiary alicyclic amines) is 1. The summed E-state index contributed by atoms with van der Waals surface area (Å²) in [6.07, 6.45) is 6.75. The highest BCUT2D eigenvalue weighted by Crippen LogP contribution is 2.25. The van der Waals surface area contributed by atoms with Crippen LogP contribution in [0.15, 0.2) is 67.1 Å². The molecule has 6 heteroatoms. The van der Waals surface area contributed by atoms with Gasteiger partial charge in [0.15, 0.2) is 0 Å². The summed E-state index contributed by atoms with van der Waals surface area (Å²) in [6.45, 7) is 2.52. The lowest BCUT2D eigenvalue weighted by Crippen LogP contribution is -2.29. The van der Waals surface area contributed by atoms with Gasteiger partial charge < -0.3 is 9.47 Å². The Morgan fingerprint density at radius 2 is 2.04 bits per heavy atom. The molecule has 0 aliphatic carbocycles. The fourth-order valence-corrected chi connectivity index (χ4v) is 3.99. The topological polar surface area (TPSA) is 66.8 Å². The lowest BCUT2D eigenvalue weighted by molar-refractivity contribution is 0.0786. The van der Waals surface area contributed by atoms with Gasteiger partial charge in [-0.25, -0.2) is 4.98 Å². The molecule has 4 heterocycles. The maximum Gasteiger partial charge on any atom is 0.253 e. The first-order chi connectivity index (χ1) is 13.8. The Balaban J connectivity index is 1.30. The van der Waals surface area contributed by atoms with Crippen molar-refractivity contribution in [3.05, 3.63) is 72.7 Å². The maximum absolute atomic E-state index is 12.7. The molecule has 1 amide bonds. The maximum atomic E-state index is 12.7. The van der Waals surface area contributed by atoms with Crippen molar-refractivity contribution in [2.24, 2.45) is 5.92 Å². The van der Waals surface area contributed by atoms with Crippen molar-refractivity contribution in [3.8, 4) is 11.3 Å². The number of nitrogens with zero attached hydrogens (tertiary/aromatic N) is 4. The molecular formula is C22H21N5O. The number of aromatic nitrogens is 4. The fourth-order valence-electron chi connectivity index (χ4n) is 3.99. The van der Waals surface area contributed by atoms with Gasteiger partial charge in [-0.15, -0.1) is 0 Å². The van der Waals surface area contributed by atoms with Crippen molar-refractivity contribution >= 4 is 16.9 Å². The van der Waals surface area contributed by atoms with Crippen molar-refractivity contribution in [3.63, 3.8) is 0 Å². The average Bonchev–Trinajstić information content (AvgIpc) is 3.50. The van der Waals surface area contributed by atoms with Gasteiger partial charge in [-0.1, -0.05) is 18.2 Å². The van der Waals surface area contributed by atoms with Gasteiger partial charge in [-0.3, -0.25) is 9.89 Å². The highest BCUT2D eigenvalue weighted by Gasteiger charge is 2.27. The predicted molar refractivity (Wildman–Crippen MR) is 108 cm³/mol. The first-order valence-corrected chi connectivity index (χ1v) is 9.57. The van der Waals surface area contributed by atoms with Gasteiger partial charge >= 0.3 is 0 Å². The Morgan fingerprint density at radius 1 is 1.14 bits per heavy atom. The van der Waals surface area contributed by atoms with Crippen molar-refractivity contribution in [1.82, 2.24) is 24.6 Å². The molecule has 6 nitrogen and oxygen atoms in total. The van der Waals surface area contributed by atoms with Gasteiger partial charge in [0.05, 0.1) is 22.9 Å². The number of carbonyl (C=O) groups excluding carboxylic acids is 1. The minimum absolute atomic E-state index is 0.131. The van der Waals surface area contributed by atoms with Crippen LogP contribution in [0.25, 0.3) is 22.3 Å². The average molecular weight is 371 g/mol. The molecule has 28 heavy (non-hydrogen) atoms. The second kappa shape index (κ2) is 6.96. The van der Waals surface area contributed by atoms with Crippen LogP contribution in [-0.2, 0) is 6.54 Å². The zero-order chi connectivity index (χ0) is 18.9. The van der Waals surface area contributed by atoms with E-state index in [4.69, 9.17) is 4.98 Å². The number of nitrogens with one attached hydrogen (secondary N) is 1. The second-order valence-electron chi connectivity index (χ2n) is 7.33. The van der Waals surface area contributed by atoms with E-state index in [2.05, 4.69) is 33.1 Å². The first kappa shape index (κ1) is 16.7. The lowest BCUT2D eigenvalue weighted by atomic mass is 10.1. The molecule has 0 bridgehead atoms. The van der Waals surface area contributed by atoms with Crippen molar-refractivity contribution in [2.45, 2.75) is 13.0 Å². The number of rotatable bonds is 4. The third-order valence-corrected chi connectivity index (χ3v) is 5.47. The predicted octanol–water partition coefficient (Wildman–Crippen LogP) is 3.59. The zero-order valence-electron chi connectivity index (χ0n) is 15.5. The molecule has 1 unspecified atom stereocenters. The quantitative estimate of drug-likeness (QED) is 0.596. The van der Waals surface area contributed by atoms with Crippen molar-refractivity contribution < 1.29 is 4.79 Å². The van der Waals surface area contributed by atoms with Crippen LogP contribution in [0.1, 0.15) is 16.8 Å². The zero-order valence-corrected chi connectivity index (χ0v) is 15.5. The summed E-state index contributed by atoms with van der Waals surface area (Å²) in [6, 6.07) is 15.7. The minimum Gasteiger partial charge on any atom is -0.346 e. The molecule has 4 aromatic rings. The van der Waals surface area contributed by atoms with Gasteiger partial charge in [0.25, 0.3) is 5.91 Å². The van der Waals surface area contributed by atoms with Crippen LogP contribution < -0.4 is 0 Å². The molecule has 1 saturated heterocycles. The Morgan fingerprint density at radius 3 is 2.86 bits per heavy atom. The molecule has 0 spiro atoms. The van der Waals surface area contributed by atoms with E-state index in [-0.39, 0.29) is 5.91 Å². The highest BCUT2D eigenvalue weighted by atomic mass is 16.2. The van der Waals surface area contributed by atoms with E-state index in [1.165, 1.54) is 0 Å². The first-order valence-electron chi connectivity index (χ1n) is 9.57. The van der Waals surface area contributed by atoms with Gasteiger partial charge in [0.2, 0.25) is 0 Å². The largest absolute Gasteiger partial charge is 0.346 e. The number of hydrogen-bond donors (Lipinski definition) is 1. The van der Waals surface area contributed by atoms with Crippen LogP contribution in [0.3, 0.4) is 0 Å². The fraction of sp³-hybridized carbons (Fsp3) is 0.227. The molecule has 1 fully saturated rings. The molecule has 140 valence electrons. The van der Waals surface area contributed by atoms with Crippen LogP contribution in [0.5, 0.6) is 0 Å². The number of aromatic amines is 1. The number of carbonyl (C=O) groups is 1. The Labute approximate surface area is 162 Å². The van der Waals surface area contributed by atoms with E-state index in [1.807, 2.05) is 47.5 Å². The van der Waals surface area contributed by atoms with Crippen LogP contribution >= 0.6 is 0 Å². The molecule has 1 aliphatic rings. The van der Waals surface area contributed by atoms with Crippen LogP contribution in [0.4, 0.5) is 0 Å². The van der Waals surface area contributed by atoms with Crippen LogP contribution in [0, 0.1) is 5.92 Å².